The zero-order valence-electron chi connectivity index (χ0n) is 22.7. The van der Waals surface area contributed by atoms with Crippen molar-refractivity contribution in [2.45, 2.75) is 129 Å². The van der Waals surface area contributed by atoms with Gasteiger partial charge in [-0.1, -0.05) is 51.2 Å². The van der Waals surface area contributed by atoms with Crippen LogP contribution in [0.15, 0.2) is 11.1 Å². The highest BCUT2D eigenvalue weighted by atomic mass is 32.2. The summed E-state index contributed by atoms with van der Waals surface area (Å²) in [4.78, 5) is 0. The third-order valence-electron chi connectivity index (χ3n) is 11.1. The van der Waals surface area contributed by atoms with E-state index in [9.17, 15) is 3.89 Å². The van der Waals surface area contributed by atoms with Crippen LogP contribution in [-0.2, 0) is 9.47 Å². The molecule has 0 radical (unpaired) electrons. The molecule has 0 N–H and O–H groups in total. The van der Waals surface area contributed by atoms with Gasteiger partial charge in [0.05, 0.1) is 6.10 Å². The van der Waals surface area contributed by atoms with E-state index in [2.05, 4.69) is 20.8 Å². The first-order valence-corrected chi connectivity index (χ1v) is 16.1. The quantitative estimate of drug-likeness (QED) is 0.229. The summed E-state index contributed by atoms with van der Waals surface area (Å²) in [5.74, 6) is 5.26. The van der Waals surface area contributed by atoms with E-state index < -0.39 is 0 Å². The Morgan fingerprint density at radius 1 is 1.09 bits per heavy atom. The second-order valence-electron chi connectivity index (χ2n) is 13.4. The lowest BCUT2D eigenvalue weighted by Crippen LogP contribution is -2.46. The Labute approximate surface area is 219 Å². The first-order chi connectivity index (χ1) is 17.0. The Morgan fingerprint density at radius 2 is 1.97 bits per heavy atom. The maximum absolute atomic E-state index is 13.7. The first kappa shape index (κ1) is 26.5. The molecule has 200 valence electrons. The summed E-state index contributed by atoms with van der Waals surface area (Å²) in [6, 6.07) is 0. The van der Waals surface area contributed by atoms with Crippen molar-refractivity contribution in [2.75, 3.05) is 12.4 Å². The molecule has 8 atom stereocenters. The number of fused-ring (bicyclic) bond motifs is 4. The van der Waals surface area contributed by atoms with Gasteiger partial charge in [0, 0.05) is 24.5 Å². The number of hydrogen-bond donors (Lipinski definition) is 0. The predicted molar refractivity (Wildman–Crippen MR) is 145 cm³/mol. The van der Waals surface area contributed by atoms with Crippen LogP contribution in [0.3, 0.4) is 0 Å². The number of hydrogen-bond acceptors (Lipinski definition) is 3. The number of allylic oxidation sites excluding steroid dienone is 1. The Kier molecular flexibility index (Phi) is 8.92. The molecule has 1 aliphatic heterocycles. The molecule has 3 fully saturated rings. The number of halogens is 1. The second kappa shape index (κ2) is 11.8. The molecule has 1 heterocycles. The van der Waals surface area contributed by atoms with E-state index in [4.69, 9.17) is 9.47 Å². The minimum atomic E-state index is -0.00686. The Hall–Kier alpha value is -0.0600. The zero-order chi connectivity index (χ0) is 24.4. The molecule has 5 rings (SSSR count). The van der Waals surface area contributed by atoms with Crippen LogP contribution in [0.1, 0.15) is 117 Å². The minimum Gasteiger partial charge on any atom is -0.353 e. The number of rotatable bonds is 9. The number of unbranched alkanes of at least 4 members (excludes halogenated alkanes) is 1. The summed E-state index contributed by atoms with van der Waals surface area (Å²) < 4.78 is 26.0. The van der Waals surface area contributed by atoms with Crippen molar-refractivity contribution < 1.29 is 13.4 Å². The largest absolute Gasteiger partial charge is 0.353 e. The molecule has 2 nitrogen and oxygen atoms in total. The third kappa shape index (κ3) is 5.70. The molecule has 5 aliphatic rings. The van der Waals surface area contributed by atoms with Gasteiger partial charge in [-0.2, -0.15) is 3.89 Å². The van der Waals surface area contributed by atoms with E-state index in [1.165, 1.54) is 70.6 Å². The molecule has 0 spiro atoms. The van der Waals surface area contributed by atoms with E-state index in [0.717, 1.165) is 61.9 Å². The standard InChI is InChI=1S/C31H51FO2S/c1-21(2)8-4-5-9-23-11-14-29-28-18-22(20-35-32)27-19-24(34-30-10-6-7-17-33-30)12-13-25(27)26(28)15-16-31(23,29)3/h21-24,26,28-30H,4-20H2,1-3H3. The lowest BCUT2D eigenvalue weighted by atomic mass is 9.51. The van der Waals surface area contributed by atoms with Gasteiger partial charge < -0.3 is 9.47 Å². The maximum Gasteiger partial charge on any atom is 0.157 e. The summed E-state index contributed by atoms with van der Waals surface area (Å²) in [6.07, 6.45) is 19.6. The molecule has 35 heavy (non-hydrogen) atoms. The van der Waals surface area contributed by atoms with E-state index >= 15 is 0 Å². The van der Waals surface area contributed by atoms with Crippen molar-refractivity contribution in [3.63, 3.8) is 0 Å². The van der Waals surface area contributed by atoms with E-state index in [-0.39, 0.29) is 12.4 Å². The van der Waals surface area contributed by atoms with Gasteiger partial charge in [-0.3, -0.25) is 0 Å². The molecule has 0 aromatic rings. The molecular weight excluding hydrogens is 455 g/mol. The lowest BCUT2D eigenvalue weighted by Gasteiger charge is -2.54. The molecular formula is C31H51FO2S. The van der Waals surface area contributed by atoms with Gasteiger partial charge >= 0.3 is 0 Å². The lowest BCUT2D eigenvalue weighted by molar-refractivity contribution is -0.190. The predicted octanol–water partition coefficient (Wildman–Crippen LogP) is 9.29. The van der Waals surface area contributed by atoms with Crippen molar-refractivity contribution in [2.24, 2.45) is 40.9 Å². The van der Waals surface area contributed by atoms with Gasteiger partial charge in [0.1, 0.15) is 0 Å². The second-order valence-corrected chi connectivity index (χ2v) is 14.0. The SMILES string of the molecule is CC(C)CCCCC1CCC2C3CC(CSF)C4=C(CCC(OC5CCCCO5)C4)C3CCC12C. The fourth-order valence-electron chi connectivity index (χ4n) is 9.25. The molecule has 0 bridgehead atoms. The monoisotopic (exact) mass is 506 g/mol. The molecule has 4 aliphatic carbocycles. The molecule has 0 amide bonds. The normalized spacial score (nSPS) is 41.6. The highest BCUT2D eigenvalue weighted by Gasteiger charge is 2.55. The fourth-order valence-corrected chi connectivity index (χ4v) is 9.74. The van der Waals surface area contributed by atoms with Gasteiger partial charge in [-0.05, 0) is 118 Å². The Bertz CT molecular complexity index is 731. The van der Waals surface area contributed by atoms with Crippen molar-refractivity contribution in [3.8, 4) is 0 Å². The van der Waals surface area contributed by atoms with Crippen LogP contribution in [0.25, 0.3) is 0 Å². The molecule has 1 saturated heterocycles. The van der Waals surface area contributed by atoms with Gasteiger partial charge in [0.25, 0.3) is 0 Å². The van der Waals surface area contributed by atoms with E-state index in [1.54, 1.807) is 11.1 Å². The number of ether oxygens (including phenoxy) is 2. The van der Waals surface area contributed by atoms with Crippen LogP contribution in [0.2, 0.25) is 0 Å². The van der Waals surface area contributed by atoms with E-state index in [0.29, 0.717) is 29.2 Å². The van der Waals surface area contributed by atoms with Gasteiger partial charge in [-0.25, -0.2) is 0 Å². The van der Waals surface area contributed by atoms with Crippen LogP contribution in [0, 0.1) is 40.9 Å². The zero-order valence-corrected chi connectivity index (χ0v) is 23.6. The van der Waals surface area contributed by atoms with Gasteiger partial charge in [0.2, 0.25) is 0 Å². The van der Waals surface area contributed by atoms with Crippen LogP contribution >= 0.6 is 12.1 Å². The average Bonchev–Trinajstić information content (AvgIpc) is 3.19. The van der Waals surface area contributed by atoms with Crippen molar-refractivity contribution in [1.82, 2.24) is 0 Å². The average molecular weight is 507 g/mol. The van der Waals surface area contributed by atoms with Gasteiger partial charge in [0.15, 0.2) is 6.29 Å². The Morgan fingerprint density at radius 3 is 2.74 bits per heavy atom. The summed E-state index contributed by atoms with van der Waals surface area (Å²) >= 11 is 0.581. The van der Waals surface area contributed by atoms with Crippen molar-refractivity contribution in [3.05, 3.63) is 11.1 Å². The van der Waals surface area contributed by atoms with Crippen LogP contribution < -0.4 is 0 Å². The molecule has 0 aromatic heterocycles. The summed E-state index contributed by atoms with van der Waals surface area (Å²) in [6.45, 7) is 8.21. The summed E-state index contributed by atoms with van der Waals surface area (Å²) in [5.41, 5.74) is 3.89. The Balaban J connectivity index is 1.27. The van der Waals surface area contributed by atoms with Crippen LogP contribution in [-0.4, -0.2) is 24.8 Å². The molecule has 8 unspecified atom stereocenters. The van der Waals surface area contributed by atoms with Crippen molar-refractivity contribution >= 4 is 12.1 Å². The molecule has 4 heteroatoms. The van der Waals surface area contributed by atoms with E-state index in [1.807, 2.05) is 0 Å². The van der Waals surface area contributed by atoms with Crippen LogP contribution in [0.4, 0.5) is 3.89 Å². The van der Waals surface area contributed by atoms with Crippen molar-refractivity contribution in [1.29, 1.82) is 0 Å². The first-order valence-electron chi connectivity index (χ1n) is 15.2. The smallest absolute Gasteiger partial charge is 0.157 e. The molecule has 0 aromatic carbocycles. The highest BCUT2D eigenvalue weighted by Crippen LogP contribution is 2.64. The maximum atomic E-state index is 13.7. The summed E-state index contributed by atoms with van der Waals surface area (Å²) in [5, 5.41) is 0. The minimum absolute atomic E-state index is 0.00686. The third-order valence-corrected chi connectivity index (χ3v) is 11.6. The molecule has 2 saturated carbocycles. The van der Waals surface area contributed by atoms with Gasteiger partial charge in [-0.15, -0.1) is 0 Å². The fraction of sp³-hybridized carbons (Fsp3) is 0.935. The van der Waals surface area contributed by atoms with Crippen LogP contribution in [0.5, 0.6) is 0 Å². The highest BCUT2D eigenvalue weighted by molar-refractivity contribution is 7.94. The topological polar surface area (TPSA) is 18.5 Å². The summed E-state index contributed by atoms with van der Waals surface area (Å²) in [7, 11) is 0.